The minimum atomic E-state index is -3.50. The van der Waals surface area contributed by atoms with E-state index < -0.39 is 16.0 Å². The average Bonchev–Trinajstić information content (AvgIpc) is 2.98. The first-order valence-electron chi connectivity index (χ1n) is 5.99. The Morgan fingerprint density at radius 2 is 2.05 bits per heavy atom. The van der Waals surface area contributed by atoms with Crippen LogP contribution in [0.4, 0.5) is 0 Å². The van der Waals surface area contributed by atoms with Gasteiger partial charge >= 0.3 is 5.97 Å². The van der Waals surface area contributed by atoms with Crippen LogP contribution in [-0.2, 0) is 27.1 Å². The zero-order chi connectivity index (χ0) is 15.3. The monoisotopic (exact) mass is 310 g/mol. The van der Waals surface area contributed by atoms with Crippen LogP contribution in [0, 0.1) is 0 Å². The van der Waals surface area contributed by atoms with Crippen molar-refractivity contribution in [2.75, 3.05) is 7.11 Å². The third-order valence-corrected chi connectivity index (χ3v) is 3.95. The van der Waals surface area contributed by atoms with Crippen LogP contribution >= 0.6 is 0 Å². The summed E-state index contributed by atoms with van der Waals surface area (Å²) in [4.78, 5) is 15.1. The van der Waals surface area contributed by atoms with Crippen molar-refractivity contribution in [1.29, 1.82) is 0 Å². The smallest absolute Gasteiger partial charge is 0.337 e. The number of benzene rings is 1. The minimum Gasteiger partial charge on any atom is -0.465 e. The molecule has 0 radical (unpaired) electrons. The van der Waals surface area contributed by atoms with E-state index in [1.54, 1.807) is 12.1 Å². The van der Waals surface area contributed by atoms with Gasteiger partial charge in [-0.25, -0.2) is 22.9 Å². The van der Waals surface area contributed by atoms with Gasteiger partial charge in [0.25, 0.3) is 0 Å². The molecule has 2 N–H and O–H groups in total. The van der Waals surface area contributed by atoms with E-state index in [-0.39, 0.29) is 12.3 Å². The minimum absolute atomic E-state index is 0.0442. The van der Waals surface area contributed by atoms with Crippen molar-refractivity contribution < 1.29 is 17.9 Å². The molecule has 8 nitrogen and oxygen atoms in total. The fourth-order valence-corrected chi connectivity index (χ4v) is 2.71. The normalized spacial score (nSPS) is 11.3. The first-order valence-corrected chi connectivity index (χ1v) is 7.64. The molecule has 0 atom stereocenters. The number of nitrogens with one attached hydrogen (secondary N) is 2. The highest BCUT2D eigenvalue weighted by Crippen LogP contribution is 2.09. The lowest BCUT2D eigenvalue weighted by Crippen LogP contribution is -2.25. The number of aromatic amines is 1. The van der Waals surface area contributed by atoms with Gasteiger partial charge in [0.15, 0.2) is 0 Å². The number of carbonyl (C=O) groups excluding carboxylic acids is 1. The molecule has 1 aromatic carbocycles. The van der Waals surface area contributed by atoms with Crippen molar-refractivity contribution in [1.82, 2.24) is 19.9 Å². The first-order chi connectivity index (χ1) is 10.00. The van der Waals surface area contributed by atoms with Gasteiger partial charge < -0.3 is 4.74 Å². The molecule has 0 aliphatic heterocycles. The van der Waals surface area contributed by atoms with Crippen LogP contribution in [0.25, 0.3) is 0 Å². The number of H-pyrrole nitrogens is 1. The average molecular weight is 310 g/mol. The highest BCUT2D eigenvalue weighted by atomic mass is 32.2. The van der Waals surface area contributed by atoms with Crippen LogP contribution in [0.3, 0.4) is 0 Å². The lowest BCUT2D eigenvalue weighted by Gasteiger charge is -2.06. The van der Waals surface area contributed by atoms with Crippen LogP contribution < -0.4 is 4.72 Å². The second kappa shape index (κ2) is 6.46. The van der Waals surface area contributed by atoms with E-state index in [1.165, 1.54) is 25.6 Å². The molecule has 2 aromatic rings. The molecule has 0 fully saturated rings. The van der Waals surface area contributed by atoms with Crippen LogP contribution in [0.15, 0.2) is 30.6 Å². The highest BCUT2D eigenvalue weighted by molar-refractivity contribution is 7.88. The van der Waals surface area contributed by atoms with Crippen molar-refractivity contribution >= 4 is 16.0 Å². The predicted octanol–water partition coefficient (Wildman–Crippen LogP) is 0.211. The lowest BCUT2D eigenvalue weighted by atomic mass is 10.1. The number of nitrogens with zero attached hydrogens (tertiary/aromatic N) is 2. The molecule has 0 aliphatic rings. The molecule has 9 heteroatoms. The van der Waals surface area contributed by atoms with Crippen molar-refractivity contribution in [3.05, 3.63) is 47.5 Å². The molecule has 112 valence electrons. The Bertz CT molecular complexity index is 695. The SMILES string of the molecule is COC(=O)c1ccc(CS(=O)(=O)NCc2ncn[nH]2)cc1. The Balaban J connectivity index is 1.98. The van der Waals surface area contributed by atoms with Crippen molar-refractivity contribution in [2.24, 2.45) is 0 Å². The molecular formula is C12H14N4O4S. The topological polar surface area (TPSA) is 114 Å². The van der Waals surface area contributed by atoms with Crippen molar-refractivity contribution in [3.63, 3.8) is 0 Å². The zero-order valence-corrected chi connectivity index (χ0v) is 12.1. The number of carbonyl (C=O) groups is 1. The number of rotatable bonds is 6. The van der Waals surface area contributed by atoms with E-state index in [0.29, 0.717) is 17.0 Å². The second-order valence-corrected chi connectivity index (χ2v) is 6.01. The number of esters is 1. The second-order valence-electron chi connectivity index (χ2n) is 4.20. The fourth-order valence-electron chi connectivity index (χ4n) is 1.62. The van der Waals surface area contributed by atoms with Gasteiger partial charge in [0.05, 0.1) is 25.0 Å². The molecule has 0 spiro atoms. The molecule has 1 heterocycles. The van der Waals surface area contributed by atoms with E-state index in [1.807, 2.05) is 0 Å². The van der Waals surface area contributed by atoms with Gasteiger partial charge in [0.2, 0.25) is 10.0 Å². The van der Waals surface area contributed by atoms with Crippen LogP contribution in [0.1, 0.15) is 21.7 Å². The molecule has 0 amide bonds. The Hall–Kier alpha value is -2.26. The van der Waals surface area contributed by atoms with Crippen LogP contribution in [-0.4, -0.2) is 36.7 Å². The van der Waals surface area contributed by atoms with Gasteiger partial charge in [-0.15, -0.1) is 0 Å². The van der Waals surface area contributed by atoms with Gasteiger partial charge in [-0.3, -0.25) is 5.10 Å². The van der Waals surface area contributed by atoms with Crippen LogP contribution in [0.5, 0.6) is 0 Å². The lowest BCUT2D eigenvalue weighted by molar-refractivity contribution is 0.0600. The van der Waals surface area contributed by atoms with E-state index in [9.17, 15) is 13.2 Å². The molecule has 1 aromatic heterocycles. The molecule has 21 heavy (non-hydrogen) atoms. The number of hydrogen-bond acceptors (Lipinski definition) is 6. The largest absolute Gasteiger partial charge is 0.465 e. The molecule has 0 saturated heterocycles. The van der Waals surface area contributed by atoms with E-state index in [2.05, 4.69) is 24.6 Å². The summed E-state index contributed by atoms with van der Waals surface area (Å²) in [5.74, 6) is -0.227. The first kappa shape index (κ1) is 15.1. The third-order valence-electron chi connectivity index (χ3n) is 2.66. The summed E-state index contributed by atoms with van der Waals surface area (Å²) in [7, 11) is -2.22. The molecule has 0 unspecified atom stereocenters. The number of hydrogen-bond donors (Lipinski definition) is 2. The standard InChI is InChI=1S/C12H14N4O4S/c1-20-12(17)10-4-2-9(3-5-10)7-21(18,19)15-6-11-13-8-14-16-11/h2-5,8,15H,6-7H2,1H3,(H,13,14,16). The Kier molecular flexibility index (Phi) is 4.66. The maximum absolute atomic E-state index is 11.9. The Labute approximate surface area is 121 Å². The van der Waals surface area contributed by atoms with Gasteiger partial charge in [0, 0.05) is 0 Å². The van der Waals surface area contributed by atoms with Gasteiger partial charge in [-0.1, -0.05) is 12.1 Å². The molecular weight excluding hydrogens is 296 g/mol. The van der Waals surface area contributed by atoms with Gasteiger partial charge in [0.1, 0.15) is 12.2 Å². The Morgan fingerprint density at radius 1 is 1.33 bits per heavy atom. The van der Waals surface area contributed by atoms with E-state index in [0.717, 1.165) is 0 Å². The number of ether oxygens (including phenoxy) is 1. The number of aromatic nitrogens is 3. The third kappa shape index (κ3) is 4.36. The summed E-state index contributed by atoms with van der Waals surface area (Å²) in [6.45, 7) is 0.0442. The summed E-state index contributed by atoms with van der Waals surface area (Å²) in [6, 6.07) is 6.18. The molecule has 0 saturated carbocycles. The summed E-state index contributed by atoms with van der Waals surface area (Å²) in [5, 5.41) is 6.19. The van der Waals surface area contributed by atoms with Gasteiger partial charge in [-0.05, 0) is 17.7 Å². The highest BCUT2D eigenvalue weighted by Gasteiger charge is 2.13. The number of methoxy groups -OCH3 is 1. The fraction of sp³-hybridized carbons (Fsp3) is 0.250. The van der Waals surface area contributed by atoms with Crippen molar-refractivity contribution in [2.45, 2.75) is 12.3 Å². The number of sulfonamides is 1. The molecule has 2 rings (SSSR count). The maximum atomic E-state index is 11.9. The quantitative estimate of drug-likeness (QED) is 0.737. The maximum Gasteiger partial charge on any atom is 0.337 e. The molecule has 0 bridgehead atoms. The van der Waals surface area contributed by atoms with E-state index in [4.69, 9.17) is 0 Å². The summed E-state index contributed by atoms with van der Waals surface area (Å²) < 4.78 is 30.8. The summed E-state index contributed by atoms with van der Waals surface area (Å²) in [6.07, 6.45) is 1.30. The summed E-state index contributed by atoms with van der Waals surface area (Å²) >= 11 is 0. The van der Waals surface area contributed by atoms with Gasteiger partial charge in [-0.2, -0.15) is 5.10 Å². The van der Waals surface area contributed by atoms with E-state index >= 15 is 0 Å². The molecule has 0 aliphatic carbocycles. The van der Waals surface area contributed by atoms with Crippen LogP contribution in [0.2, 0.25) is 0 Å². The Morgan fingerprint density at radius 3 is 2.62 bits per heavy atom. The van der Waals surface area contributed by atoms with Crippen molar-refractivity contribution in [3.8, 4) is 0 Å². The zero-order valence-electron chi connectivity index (χ0n) is 11.2. The summed E-state index contributed by atoms with van der Waals surface area (Å²) in [5.41, 5.74) is 0.931. The predicted molar refractivity (Wildman–Crippen MR) is 73.6 cm³/mol.